The summed E-state index contributed by atoms with van der Waals surface area (Å²) < 4.78 is 10.6. The summed E-state index contributed by atoms with van der Waals surface area (Å²) in [6.07, 6.45) is 0.390. The van der Waals surface area contributed by atoms with Crippen molar-refractivity contribution in [3.63, 3.8) is 0 Å². The van der Waals surface area contributed by atoms with Crippen LogP contribution in [-0.2, 0) is 9.53 Å². The molecule has 1 aromatic carbocycles. The fourth-order valence-electron chi connectivity index (χ4n) is 2.00. The molecule has 2 rings (SSSR count). The lowest BCUT2D eigenvalue weighted by Gasteiger charge is -2.30. The van der Waals surface area contributed by atoms with E-state index in [1.165, 1.54) is 5.56 Å². The molecule has 1 aromatic rings. The summed E-state index contributed by atoms with van der Waals surface area (Å²) in [5.41, 5.74) is 2.31. The van der Waals surface area contributed by atoms with Crippen LogP contribution in [0.2, 0.25) is 0 Å². The molecule has 1 aliphatic heterocycles. The Labute approximate surface area is 120 Å². The van der Waals surface area contributed by atoms with Crippen LogP contribution in [-0.4, -0.2) is 32.3 Å². The molecule has 0 aliphatic carbocycles. The molecule has 106 valence electrons. The second-order valence-corrected chi connectivity index (χ2v) is 4.38. The molecular formula is C14H20ClNO3. The van der Waals surface area contributed by atoms with E-state index in [1.807, 2.05) is 18.2 Å². The molecule has 1 heterocycles. The van der Waals surface area contributed by atoms with Crippen LogP contribution >= 0.6 is 12.4 Å². The Morgan fingerprint density at radius 1 is 1.37 bits per heavy atom. The molecule has 0 saturated carbocycles. The molecule has 1 aliphatic rings. The van der Waals surface area contributed by atoms with Crippen LogP contribution < -0.4 is 9.64 Å². The summed E-state index contributed by atoms with van der Waals surface area (Å²) in [5.74, 6) is 0.417. The number of halogens is 1. The van der Waals surface area contributed by atoms with Gasteiger partial charge in [-0.3, -0.25) is 4.79 Å². The zero-order chi connectivity index (χ0) is 13.0. The first kappa shape index (κ1) is 15.8. The Bertz CT molecular complexity index is 431. The zero-order valence-electron chi connectivity index (χ0n) is 11.3. The minimum atomic E-state index is -0.202. The van der Waals surface area contributed by atoms with Gasteiger partial charge < -0.3 is 14.4 Å². The second kappa shape index (κ2) is 7.36. The van der Waals surface area contributed by atoms with Crippen LogP contribution in [0, 0.1) is 6.92 Å². The summed E-state index contributed by atoms with van der Waals surface area (Å²) in [6, 6.07) is 5.77. The second-order valence-electron chi connectivity index (χ2n) is 4.38. The van der Waals surface area contributed by atoms with Crippen LogP contribution in [0.3, 0.4) is 0 Å². The van der Waals surface area contributed by atoms with Crippen molar-refractivity contribution in [2.75, 3.05) is 31.2 Å². The van der Waals surface area contributed by atoms with Crippen molar-refractivity contribution < 1.29 is 14.3 Å². The third-order valence-electron chi connectivity index (χ3n) is 3.05. The molecule has 5 heteroatoms. The van der Waals surface area contributed by atoms with Gasteiger partial charge in [0.15, 0.2) is 0 Å². The zero-order valence-corrected chi connectivity index (χ0v) is 12.2. The number of rotatable bonds is 3. The standard InChI is InChI=1S/C14H19NO3.ClH/c1-3-14(16)18-12-5-4-11(2)13(10-12)15-6-8-17-9-7-15;/h4-5,10H,3,6-9H2,1-2H3;1H. The normalized spacial score (nSPS) is 14.7. The van der Waals surface area contributed by atoms with Crippen molar-refractivity contribution in [1.29, 1.82) is 0 Å². The predicted octanol–water partition coefficient (Wildman–Crippen LogP) is 2.57. The molecule has 1 fully saturated rings. The lowest BCUT2D eigenvalue weighted by Crippen LogP contribution is -2.36. The summed E-state index contributed by atoms with van der Waals surface area (Å²) >= 11 is 0. The summed E-state index contributed by atoms with van der Waals surface area (Å²) in [5, 5.41) is 0. The summed E-state index contributed by atoms with van der Waals surface area (Å²) in [7, 11) is 0. The number of benzene rings is 1. The van der Waals surface area contributed by atoms with Gasteiger partial charge in [-0.15, -0.1) is 12.4 Å². The van der Waals surface area contributed by atoms with Gasteiger partial charge in [0.05, 0.1) is 13.2 Å². The van der Waals surface area contributed by atoms with E-state index in [-0.39, 0.29) is 18.4 Å². The molecule has 4 nitrogen and oxygen atoms in total. The van der Waals surface area contributed by atoms with E-state index in [1.54, 1.807) is 6.92 Å². The van der Waals surface area contributed by atoms with Gasteiger partial charge in [-0.1, -0.05) is 13.0 Å². The number of anilines is 1. The van der Waals surface area contributed by atoms with Crippen molar-refractivity contribution in [3.05, 3.63) is 23.8 Å². The fraction of sp³-hybridized carbons (Fsp3) is 0.500. The van der Waals surface area contributed by atoms with E-state index in [9.17, 15) is 4.79 Å². The molecule has 0 N–H and O–H groups in total. The number of ether oxygens (including phenoxy) is 2. The maximum atomic E-state index is 11.3. The Morgan fingerprint density at radius 2 is 2.05 bits per heavy atom. The average Bonchev–Trinajstić information content (AvgIpc) is 2.42. The third kappa shape index (κ3) is 4.11. The molecule has 0 amide bonds. The molecule has 0 spiro atoms. The first-order valence-electron chi connectivity index (χ1n) is 6.34. The number of aryl methyl sites for hydroxylation is 1. The van der Waals surface area contributed by atoms with Gasteiger partial charge in [-0.25, -0.2) is 0 Å². The van der Waals surface area contributed by atoms with E-state index in [0.29, 0.717) is 12.2 Å². The summed E-state index contributed by atoms with van der Waals surface area (Å²) in [6.45, 7) is 7.12. The largest absolute Gasteiger partial charge is 0.426 e. The number of esters is 1. The first-order chi connectivity index (χ1) is 8.70. The number of hydrogen-bond acceptors (Lipinski definition) is 4. The van der Waals surface area contributed by atoms with Crippen LogP contribution in [0.25, 0.3) is 0 Å². The van der Waals surface area contributed by atoms with Crippen molar-refractivity contribution in [2.45, 2.75) is 20.3 Å². The molecule has 19 heavy (non-hydrogen) atoms. The SMILES string of the molecule is CCC(=O)Oc1ccc(C)c(N2CCOCC2)c1.Cl. The van der Waals surface area contributed by atoms with Gasteiger partial charge in [0.25, 0.3) is 0 Å². The van der Waals surface area contributed by atoms with E-state index < -0.39 is 0 Å². The van der Waals surface area contributed by atoms with E-state index >= 15 is 0 Å². The van der Waals surface area contributed by atoms with Crippen LogP contribution in [0.4, 0.5) is 5.69 Å². The van der Waals surface area contributed by atoms with Gasteiger partial charge in [0.2, 0.25) is 0 Å². The molecule has 0 unspecified atom stereocenters. The molecular weight excluding hydrogens is 266 g/mol. The highest BCUT2D eigenvalue weighted by molar-refractivity contribution is 5.85. The monoisotopic (exact) mass is 285 g/mol. The maximum absolute atomic E-state index is 11.3. The molecule has 0 radical (unpaired) electrons. The quantitative estimate of drug-likeness (QED) is 0.632. The Morgan fingerprint density at radius 3 is 2.68 bits per heavy atom. The first-order valence-corrected chi connectivity index (χ1v) is 6.34. The molecule has 0 bridgehead atoms. The number of hydrogen-bond donors (Lipinski definition) is 0. The van der Waals surface area contributed by atoms with Crippen LogP contribution in [0.5, 0.6) is 5.75 Å². The number of nitrogens with zero attached hydrogens (tertiary/aromatic N) is 1. The third-order valence-corrected chi connectivity index (χ3v) is 3.05. The molecule has 0 atom stereocenters. The van der Waals surface area contributed by atoms with Crippen molar-refractivity contribution in [1.82, 2.24) is 0 Å². The minimum Gasteiger partial charge on any atom is -0.426 e. The fourth-order valence-corrected chi connectivity index (χ4v) is 2.00. The van der Waals surface area contributed by atoms with Crippen molar-refractivity contribution in [2.24, 2.45) is 0 Å². The highest BCUT2D eigenvalue weighted by Gasteiger charge is 2.14. The van der Waals surface area contributed by atoms with Gasteiger partial charge >= 0.3 is 5.97 Å². The lowest BCUT2D eigenvalue weighted by molar-refractivity contribution is -0.134. The average molecular weight is 286 g/mol. The predicted molar refractivity (Wildman–Crippen MR) is 77.4 cm³/mol. The van der Waals surface area contributed by atoms with E-state index in [4.69, 9.17) is 9.47 Å². The maximum Gasteiger partial charge on any atom is 0.310 e. The van der Waals surface area contributed by atoms with E-state index in [0.717, 1.165) is 32.0 Å². The van der Waals surface area contributed by atoms with Crippen molar-refractivity contribution >= 4 is 24.1 Å². The van der Waals surface area contributed by atoms with Gasteiger partial charge in [-0.2, -0.15) is 0 Å². The van der Waals surface area contributed by atoms with Gasteiger partial charge in [-0.05, 0) is 18.6 Å². The molecule has 1 saturated heterocycles. The highest BCUT2D eigenvalue weighted by Crippen LogP contribution is 2.26. The highest BCUT2D eigenvalue weighted by atomic mass is 35.5. The minimum absolute atomic E-state index is 0. The Balaban J connectivity index is 0.00000180. The topological polar surface area (TPSA) is 38.8 Å². The van der Waals surface area contributed by atoms with E-state index in [2.05, 4.69) is 11.8 Å². The number of morpholine rings is 1. The lowest BCUT2D eigenvalue weighted by atomic mass is 10.1. The number of carbonyl (C=O) groups excluding carboxylic acids is 1. The van der Waals surface area contributed by atoms with Gasteiger partial charge in [0, 0.05) is 31.3 Å². The van der Waals surface area contributed by atoms with Crippen LogP contribution in [0.15, 0.2) is 18.2 Å². The number of carbonyl (C=O) groups is 1. The van der Waals surface area contributed by atoms with Crippen molar-refractivity contribution in [3.8, 4) is 5.75 Å². The van der Waals surface area contributed by atoms with Crippen LogP contribution in [0.1, 0.15) is 18.9 Å². The summed E-state index contributed by atoms with van der Waals surface area (Å²) in [4.78, 5) is 13.6. The van der Waals surface area contributed by atoms with Gasteiger partial charge in [0.1, 0.15) is 5.75 Å². The Hall–Kier alpha value is -1.26. The smallest absolute Gasteiger partial charge is 0.310 e. The Kier molecular flexibility index (Phi) is 6.12. The molecule has 0 aromatic heterocycles.